The van der Waals surface area contributed by atoms with E-state index in [2.05, 4.69) is 10.3 Å². The molecule has 0 fully saturated rings. The molecule has 1 heterocycles. The molecule has 0 aliphatic carbocycles. The minimum Gasteiger partial charge on any atom is -0.322 e. The van der Waals surface area contributed by atoms with Crippen molar-refractivity contribution < 1.29 is 19.4 Å². The Balaban J connectivity index is 2.11. The Morgan fingerprint density at radius 3 is 2.35 bits per heavy atom. The number of aromatic amines is 1. The van der Waals surface area contributed by atoms with Gasteiger partial charge in [0.1, 0.15) is 25.5 Å². The summed E-state index contributed by atoms with van der Waals surface area (Å²) in [7, 11) is 3.17. The van der Waals surface area contributed by atoms with Gasteiger partial charge in [-0.25, -0.2) is 9.60 Å². The molecule has 0 aliphatic heterocycles. The molecule has 0 unspecified atom stereocenters. The molecule has 0 spiro atoms. The summed E-state index contributed by atoms with van der Waals surface area (Å²) in [4.78, 5) is 14.8. The highest BCUT2D eigenvalue weighted by Crippen LogP contribution is 2.12. The Morgan fingerprint density at radius 1 is 1.20 bits per heavy atom. The molecular weight excluding hydrogens is 261 g/mol. The van der Waals surface area contributed by atoms with Crippen LogP contribution in [0.2, 0.25) is 0 Å². The van der Waals surface area contributed by atoms with Crippen molar-refractivity contribution in [2.45, 2.75) is 0 Å². The zero-order valence-corrected chi connectivity index (χ0v) is 11.2. The number of hydrogen-bond donors (Lipinski definition) is 2. The molecule has 5 nitrogen and oxygen atoms in total. The van der Waals surface area contributed by atoms with E-state index < -0.39 is 0 Å². The molecule has 3 N–H and O–H groups in total. The molecule has 1 aromatic carbocycles. The van der Waals surface area contributed by atoms with Crippen LogP contribution in [0.1, 0.15) is 10.4 Å². The van der Waals surface area contributed by atoms with Crippen molar-refractivity contribution in [2.75, 3.05) is 19.4 Å². The lowest BCUT2D eigenvalue weighted by Gasteiger charge is -2.12. The van der Waals surface area contributed by atoms with Gasteiger partial charge >= 0.3 is 5.82 Å². The lowest BCUT2D eigenvalue weighted by molar-refractivity contribution is -0.389. The number of carbonyl (C=O) groups excluding carboxylic acids is 1. The number of rotatable bonds is 3. The summed E-state index contributed by atoms with van der Waals surface area (Å²) in [6.07, 6.45) is 1.50. The molecule has 1 aromatic heterocycles. The minimum atomic E-state index is -0.361. The van der Waals surface area contributed by atoms with Gasteiger partial charge in [-0.3, -0.25) is 4.79 Å². The molecule has 6 heteroatoms. The maximum atomic E-state index is 12.8. The number of quaternary nitrogens is 1. The van der Waals surface area contributed by atoms with E-state index in [-0.39, 0.29) is 16.4 Å². The van der Waals surface area contributed by atoms with Crippen molar-refractivity contribution >= 4 is 17.4 Å². The monoisotopic (exact) mass is 277 g/mol. The number of hydrogen-bond acceptors (Lipinski definition) is 2. The minimum absolute atomic E-state index is 0.317. The largest absolute Gasteiger partial charge is 0.399 e. The van der Waals surface area contributed by atoms with Gasteiger partial charge in [0, 0.05) is 5.69 Å². The van der Waals surface area contributed by atoms with Crippen LogP contribution in [0.4, 0.5) is 15.9 Å². The van der Waals surface area contributed by atoms with E-state index >= 15 is 0 Å². The zero-order chi connectivity index (χ0) is 14.8. The smallest absolute Gasteiger partial charge is 0.322 e. The summed E-state index contributed by atoms with van der Waals surface area (Å²) in [5, 5.41) is 12.4. The van der Waals surface area contributed by atoms with Gasteiger partial charge < -0.3 is 5.32 Å². The molecule has 104 valence electrons. The lowest BCUT2D eigenvalue weighted by Crippen LogP contribution is -2.40. The number of pyridine rings is 1. The highest BCUT2D eigenvalue weighted by Gasteiger charge is 2.23. The summed E-state index contributed by atoms with van der Waals surface area (Å²) in [6.45, 7) is 0. The second kappa shape index (κ2) is 5.36. The van der Waals surface area contributed by atoms with Gasteiger partial charge in [0.15, 0.2) is 6.20 Å². The van der Waals surface area contributed by atoms with Crippen LogP contribution in [0.3, 0.4) is 0 Å². The summed E-state index contributed by atoms with van der Waals surface area (Å²) < 4.78 is 12.4. The maximum absolute atomic E-state index is 12.8. The summed E-state index contributed by atoms with van der Waals surface area (Å²) in [5.74, 6) is -0.130. The third kappa shape index (κ3) is 3.37. The molecule has 0 atom stereocenters. The van der Waals surface area contributed by atoms with Gasteiger partial charge in [-0.15, -0.1) is 4.65 Å². The fraction of sp³-hybridized carbons (Fsp3) is 0.143. The molecule has 2 rings (SSSR count). The Bertz CT molecular complexity index is 604. The Morgan fingerprint density at radius 2 is 1.85 bits per heavy atom. The topological polar surface area (TPSA) is 63.5 Å². The summed E-state index contributed by atoms with van der Waals surface area (Å²) in [5.41, 5.74) is 0.922. The van der Waals surface area contributed by atoms with Crippen LogP contribution >= 0.6 is 0 Å². The summed E-state index contributed by atoms with van der Waals surface area (Å²) in [6, 6.07) is 8.74. The van der Waals surface area contributed by atoms with E-state index in [0.717, 1.165) is 0 Å². The van der Waals surface area contributed by atoms with Gasteiger partial charge in [-0.1, -0.05) is 0 Å². The maximum Gasteiger partial charge on any atom is 0.399 e. The third-order valence-corrected chi connectivity index (χ3v) is 2.75. The third-order valence-electron chi connectivity index (χ3n) is 2.75. The van der Waals surface area contributed by atoms with Crippen LogP contribution in [-0.2, 0) is 0 Å². The van der Waals surface area contributed by atoms with Crippen LogP contribution in [0, 0.1) is 5.82 Å². The van der Waals surface area contributed by atoms with Crippen molar-refractivity contribution in [3.8, 4) is 0 Å². The number of hydroxylamine groups is 2. The molecule has 1 amide bonds. The van der Waals surface area contributed by atoms with Crippen LogP contribution in [0.15, 0.2) is 42.6 Å². The van der Waals surface area contributed by atoms with E-state index in [1.54, 1.807) is 26.2 Å². The van der Waals surface area contributed by atoms with Gasteiger partial charge in [-0.2, -0.15) is 4.98 Å². The van der Waals surface area contributed by atoms with E-state index in [4.69, 9.17) is 0 Å². The predicted octanol–water partition coefficient (Wildman–Crippen LogP) is 1.85. The molecule has 0 bridgehead atoms. The number of nitrogens with zero attached hydrogens (tertiary/aromatic N) is 1. The van der Waals surface area contributed by atoms with Gasteiger partial charge in [0.05, 0.1) is 6.07 Å². The fourth-order valence-corrected chi connectivity index (χ4v) is 1.63. The molecular formula is C14H16FN3O2+2. The first-order valence-electron chi connectivity index (χ1n) is 6.02. The van der Waals surface area contributed by atoms with Crippen molar-refractivity contribution in [1.29, 1.82) is 0 Å². The fourth-order valence-electron chi connectivity index (χ4n) is 1.63. The molecule has 0 saturated carbocycles. The highest BCUT2D eigenvalue weighted by atomic mass is 19.1. The Hall–Kier alpha value is -2.31. The number of benzene rings is 1. The van der Waals surface area contributed by atoms with Crippen molar-refractivity contribution in [3.63, 3.8) is 0 Å². The average molecular weight is 277 g/mol. The van der Waals surface area contributed by atoms with Crippen LogP contribution in [0.5, 0.6) is 0 Å². The van der Waals surface area contributed by atoms with E-state index in [0.29, 0.717) is 17.1 Å². The van der Waals surface area contributed by atoms with Gasteiger partial charge in [0.2, 0.25) is 0 Å². The van der Waals surface area contributed by atoms with Crippen molar-refractivity contribution in [1.82, 2.24) is 4.65 Å². The van der Waals surface area contributed by atoms with E-state index in [1.165, 1.54) is 30.5 Å². The average Bonchev–Trinajstić information content (AvgIpc) is 2.40. The Labute approximate surface area is 115 Å². The number of H-pyrrole nitrogens is 1. The predicted molar refractivity (Wildman–Crippen MR) is 72.8 cm³/mol. The highest BCUT2D eigenvalue weighted by molar-refractivity contribution is 6.03. The number of anilines is 1. The second-order valence-corrected chi connectivity index (χ2v) is 4.82. The van der Waals surface area contributed by atoms with Crippen LogP contribution < -0.4 is 14.9 Å². The molecule has 0 radical (unpaired) electrons. The van der Waals surface area contributed by atoms with Gasteiger partial charge in [0.25, 0.3) is 5.91 Å². The van der Waals surface area contributed by atoms with Crippen molar-refractivity contribution in [3.05, 3.63) is 54.0 Å². The zero-order valence-electron chi connectivity index (χ0n) is 11.2. The summed E-state index contributed by atoms with van der Waals surface area (Å²) >= 11 is 0. The first-order chi connectivity index (χ1) is 9.36. The standard InChI is InChI=1S/C14H14FN3O2/c1-18(2,20)13-8-3-10(9-16-13)14(19)17-12-6-4-11(15)5-7-12/h3-9,20H,1-2H3/p+2. The SMILES string of the molecule is C[N+](C)(O)c1ccc(C(=O)Nc2ccc(F)cc2)c[nH+]1. The number of aromatic nitrogens is 1. The number of nitrogens with one attached hydrogen (secondary N) is 2. The quantitative estimate of drug-likeness (QED) is 0.664. The number of halogens is 1. The molecule has 0 aliphatic rings. The van der Waals surface area contributed by atoms with Crippen molar-refractivity contribution in [2.24, 2.45) is 0 Å². The molecule has 2 aromatic rings. The van der Waals surface area contributed by atoms with Crippen LogP contribution in [0.25, 0.3) is 0 Å². The van der Waals surface area contributed by atoms with E-state index in [9.17, 15) is 14.4 Å². The first kappa shape index (κ1) is 14.1. The van der Waals surface area contributed by atoms with E-state index in [1.807, 2.05) is 0 Å². The number of amides is 1. The lowest BCUT2D eigenvalue weighted by atomic mass is 10.2. The molecule has 20 heavy (non-hydrogen) atoms. The normalized spacial score (nSPS) is 11.2. The molecule has 0 saturated heterocycles. The second-order valence-electron chi connectivity index (χ2n) is 4.82. The van der Waals surface area contributed by atoms with Crippen LogP contribution in [-0.4, -0.2) is 25.2 Å². The first-order valence-corrected chi connectivity index (χ1v) is 6.02. The van der Waals surface area contributed by atoms with Gasteiger partial charge in [-0.05, 0) is 30.3 Å². The number of carbonyl (C=O) groups is 1. The Kier molecular flexibility index (Phi) is 3.78.